The van der Waals surface area contributed by atoms with Crippen LogP contribution in [0, 0.1) is 17.8 Å². The number of amides is 1. The quantitative estimate of drug-likeness (QED) is 0.548. The van der Waals surface area contributed by atoms with E-state index in [1.165, 1.54) is 0 Å². The minimum atomic E-state index is -0.193. The minimum Gasteiger partial charge on any atom is -0.342 e. The van der Waals surface area contributed by atoms with Crippen molar-refractivity contribution in [2.45, 2.75) is 6.92 Å². The van der Waals surface area contributed by atoms with Crippen LogP contribution in [0.2, 0.25) is 0 Å². The summed E-state index contributed by atoms with van der Waals surface area (Å²) in [6.45, 7) is 2.99. The largest absolute Gasteiger partial charge is 0.342 e. The molecule has 0 aromatic heterocycles. The van der Waals surface area contributed by atoms with E-state index in [0.717, 1.165) is 13.1 Å². The van der Waals surface area contributed by atoms with Gasteiger partial charge in [-0.25, -0.2) is 0 Å². The van der Waals surface area contributed by atoms with Crippen LogP contribution in [0.1, 0.15) is 6.92 Å². The van der Waals surface area contributed by atoms with E-state index >= 15 is 0 Å². The lowest BCUT2D eigenvalue weighted by molar-refractivity contribution is -0.128. The molecule has 2 unspecified atom stereocenters. The molecule has 2 fully saturated rings. The average molecular weight is 157 g/mol. The number of rotatable bonds is 1. The normalized spacial score (nSPS) is 40.5. The maximum absolute atomic E-state index is 12.1. The fourth-order valence-corrected chi connectivity index (χ4v) is 2.14. The summed E-state index contributed by atoms with van der Waals surface area (Å²) < 4.78 is 12.1. The predicted molar refractivity (Wildman–Crippen MR) is 38.7 cm³/mol. The number of piperidine rings is 1. The van der Waals surface area contributed by atoms with E-state index in [-0.39, 0.29) is 18.5 Å². The molecule has 11 heavy (non-hydrogen) atoms. The molecule has 0 N–H and O–H groups in total. The molecule has 1 saturated carbocycles. The first-order valence-corrected chi connectivity index (χ1v) is 4.05. The van der Waals surface area contributed by atoms with Crippen LogP contribution >= 0.6 is 0 Å². The first-order chi connectivity index (χ1) is 5.24. The second kappa shape index (κ2) is 2.19. The standard InChI is InChI=1S/C8H12FNO/c1-5(11)10-3-7-6(2-9)8(7)4-10/h6-8H,2-4H2,1H3. The Kier molecular flexibility index (Phi) is 1.41. The maximum atomic E-state index is 12.1. The van der Waals surface area contributed by atoms with E-state index in [0.29, 0.717) is 11.8 Å². The van der Waals surface area contributed by atoms with Crippen LogP contribution in [0.3, 0.4) is 0 Å². The highest BCUT2D eigenvalue weighted by atomic mass is 19.1. The number of alkyl halides is 1. The van der Waals surface area contributed by atoms with E-state index in [1.807, 2.05) is 4.90 Å². The lowest BCUT2D eigenvalue weighted by atomic mass is 10.3. The second-order valence-corrected chi connectivity index (χ2v) is 3.57. The van der Waals surface area contributed by atoms with Gasteiger partial charge < -0.3 is 4.90 Å². The Hall–Kier alpha value is -0.600. The molecule has 0 bridgehead atoms. The molecule has 0 aromatic carbocycles. The summed E-state index contributed by atoms with van der Waals surface area (Å²) in [4.78, 5) is 12.7. The average Bonchev–Trinajstić information content (AvgIpc) is 2.41. The van der Waals surface area contributed by atoms with E-state index < -0.39 is 0 Å². The fraction of sp³-hybridized carbons (Fsp3) is 0.875. The van der Waals surface area contributed by atoms with Crippen molar-refractivity contribution < 1.29 is 9.18 Å². The third-order valence-electron chi connectivity index (χ3n) is 2.99. The molecular weight excluding hydrogens is 145 g/mol. The van der Waals surface area contributed by atoms with Crippen molar-refractivity contribution >= 4 is 5.91 Å². The highest BCUT2D eigenvalue weighted by Crippen LogP contribution is 2.51. The zero-order chi connectivity index (χ0) is 8.01. The van der Waals surface area contributed by atoms with Crippen LogP contribution < -0.4 is 0 Å². The number of hydrogen-bond acceptors (Lipinski definition) is 1. The number of nitrogens with zero attached hydrogens (tertiary/aromatic N) is 1. The highest BCUT2D eigenvalue weighted by Gasteiger charge is 2.55. The van der Waals surface area contributed by atoms with Crippen LogP contribution in [0.5, 0.6) is 0 Å². The number of halogens is 1. The van der Waals surface area contributed by atoms with Crippen molar-refractivity contribution in [1.29, 1.82) is 0 Å². The first-order valence-electron chi connectivity index (χ1n) is 4.05. The molecule has 0 spiro atoms. The van der Waals surface area contributed by atoms with Gasteiger partial charge in [0.05, 0.1) is 6.67 Å². The van der Waals surface area contributed by atoms with Gasteiger partial charge in [-0.3, -0.25) is 9.18 Å². The van der Waals surface area contributed by atoms with Crippen molar-refractivity contribution in [3.63, 3.8) is 0 Å². The van der Waals surface area contributed by atoms with Gasteiger partial charge in [0.15, 0.2) is 0 Å². The van der Waals surface area contributed by atoms with Crippen LogP contribution in [0.15, 0.2) is 0 Å². The van der Waals surface area contributed by atoms with Crippen LogP contribution in [0.4, 0.5) is 4.39 Å². The monoisotopic (exact) mass is 157 g/mol. The van der Waals surface area contributed by atoms with Gasteiger partial charge >= 0.3 is 0 Å². The van der Waals surface area contributed by atoms with Gasteiger partial charge in [-0.1, -0.05) is 0 Å². The molecule has 1 heterocycles. The predicted octanol–water partition coefficient (Wildman–Crippen LogP) is 0.680. The summed E-state index contributed by atoms with van der Waals surface area (Å²) in [5.41, 5.74) is 0. The number of hydrogen-bond donors (Lipinski definition) is 0. The number of likely N-dealkylation sites (tertiary alicyclic amines) is 1. The number of carbonyl (C=O) groups excluding carboxylic acids is 1. The molecule has 1 saturated heterocycles. The Morgan fingerprint density at radius 3 is 2.45 bits per heavy atom. The maximum Gasteiger partial charge on any atom is 0.219 e. The molecule has 1 aliphatic carbocycles. The SMILES string of the molecule is CC(=O)N1CC2C(CF)C2C1. The van der Waals surface area contributed by atoms with Gasteiger partial charge in [0.1, 0.15) is 0 Å². The Bertz CT molecular complexity index is 183. The van der Waals surface area contributed by atoms with Crippen molar-refractivity contribution in [2.24, 2.45) is 17.8 Å². The first kappa shape index (κ1) is 7.07. The van der Waals surface area contributed by atoms with Gasteiger partial charge in [-0.2, -0.15) is 0 Å². The molecule has 1 aliphatic heterocycles. The number of fused-ring (bicyclic) bond motifs is 1. The third-order valence-corrected chi connectivity index (χ3v) is 2.99. The minimum absolute atomic E-state index is 0.134. The molecular formula is C8H12FNO. The lowest BCUT2D eigenvalue weighted by Crippen LogP contribution is -2.29. The van der Waals surface area contributed by atoms with Crippen molar-refractivity contribution in [1.82, 2.24) is 4.90 Å². The van der Waals surface area contributed by atoms with Gasteiger partial charge in [-0.05, 0) is 17.8 Å². The zero-order valence-corrected chi connectivity index (χ0v) is 6.59. The van der Waals surface area contributed by atoms with E-state index in [2.05, 4.69) is 0 Å². The molecule has 2 aliphatic rings. The molecule has 3 heteroatoms. The third kappa shape index (κ3) is 0.940. The van der Waals surface area contributed by atoms with E-state index in [4.69, 9.17) is 0 Å². The fourth-order valence-electron chi connectivity index (χ4n) is 2.14. The topological polar surface area (TPSA) is 20.3 Å². The summed E-state index contributed by atoms with van der Waals surface area (Å²) >= 11 is 0. The van der Waals surface area contributed by atoms with Crippen LogP contribution in [-0.2, 0) is 4.79 Å². The summed E-state index contributed by atoms with van der Waals surface area (Å²) in [5.74, 6) is 1.40. The Morgan fingerprint density at radius 1 is 1.55 bits per heavy atom. The second-order valence-electron chi connectivity index (χ2n) is 3.57. The molecule has 2 nitrogen and oxygen atoms in total. The van der Waals surface area contributed by atoms with Gasteiger partial charge in [0.2, 0.25) is 5.91 Å². The molecule has 1 amide bonds. The lowest BCUT2D eigenvalue weighted by Gasteiger charge is -2.16. The summed E-state index contributed by atoms with van der Waals surface area (Å²) in [5, 5.41) is 0. The van der Waals surface area contributed by atoms with Crippen LogP contribution in [0.25, 0.3) is 0 Å². The molecule has 2 rings (SSSR count). The summed E-state index contributed by atoms with van der Waals surface area (Å²) in [6.07, 6.45) is 0. The number of carbonyl (C=O) groups is 1. The molecule has 0 aromatic rings. The van der Waals surface area contributed by atoms with Crippen LogP contribution in [-0.4, -0.2) is 30.6 Å². The molecule has 0 radical (unpaired) electrons. The van der Waals surface area contributed by atoms with E-state index in [9.17, 15) is 9.18 Å². The van der Waals surface area contributed by atoms with Crippen molar-refractivity contribution in [2.75, 3.05) is 19.8 Å². The Labute approximate surface area is 65.4 Å². The zero-order valence-electron chi connectivity index (χ0n) is 6.59. The molecule has 2 atom stereocenters. The van der Waals surface area contributed by atoms with Crippen molar-refractivity contribution in [3.8, 4) is 0 Å². The van der Waals surface area contributed by atoms with E-state index in [1.54, 1.807) is 6.92 Å². The summed E-state index contributed by atoms with van der Waals surface area (Å²) in [6, 6.07) is 0. The van der Waals surface area contributed by atoms with Gasteiger partial charge in [-0.15, -0.1) is 0 Å². The van der Waals surface area contributed by atoms with Gasteiger partial charge in [0, 0.05) is 20.0 Å². The van der Waals surface area contributed by atoms with Gasteiger partial charge in [0.25, 0.3) is 0 Å². The van der Waals surface area contributed by atoms with Crippen molar-refractivity contribution in [3.05, 3.63) is 0 Å². The summed E-state index contributed by atoms with van der Waals surface area (Å²) in [7, 11) is 0. The highest BCUT2D eigenvalue weighted by molar-refractivity contribution is 5.73. The Morgan fingerprint density at radius 2 is 2.09 bits per heavy atom. The molecule has 62 valence electrons. The smallest absolute Gasteiger partial charge is 0.219 e. The Balaban J connectivity index is 1.89.